The molecule has 1 aromatic heterocycles. The number of ether oxygens (including phenoxy) is 2. The van der Waals surface area contributed by atoms with Crippen LogP contribution in [-0.2, 0) is 4.74 Å². The minimum absolute atomic E-state index is 0.318. The molecule has 0 atom stereocenters. The number of nitrogens with zero attached hydrogens (tertiary/aromatic N) is 1. The van der Waals surface area contributed by atoms with Crippen molar-refractivity contribution in [3.05, 3.63) is 78.0 Å². The molecule has 0 saturated carbocycles. The summed E-state index contributed by atoms with van der Waals surface area (Å²) in [5.41, 5.74) is 2.09. The second-order valence-corrected chi connectivity index (χ2v) is 5.75. The minimum atomic E-state index is -0.434. The zero-order valence-electron chi connectivity index (χ0n) is 15.4. The van der Waals surface area contributed by atoms with Gasteiger partial charge in [-0.05, 0) is 36.4 Å². The number of hydrogen-bond acceptors (Lipinski definition) is 6. The number of amides is 1. The molecule has 0 saturated heterocycles. The van der Waals surface area contributed by atoms with Crippen molar-refractivity contribution in [1.82, 2.24) is 4.98 Å². The van der Waals surface area contributed by atoms with Gasteiger partial charge in [0, 0.05) is 0 Å². The Balaban J connectivity index is 1.73. The number of esters is 1. The third-order valence-corrected chi connectivity index (χ3v) is 3.97. The van der Waals surface area contributed by atoms with Crippen LogP contribution >= 0.6 is 0 Å². The van der Waals surface area contributed by atoms with Gasteiger partial charge >= 0.3 is 5.97 Å². The van der Waals surface area contributed by atoms with E-state index < -0.39 is 5.97 Å². The van der Waals surface area contributed by atoms with Gasteiger partial charge in [-0.2, -0.15) is 0 Å². The lowest BCUT2D eigenvalue weighted by Gasteiger charge is -2.11. The van der Waals surface area contributed by atoms with Gasteiger partial charge in [0.2, 0.25) is 0 Å². The van der Waals surface area contributed by atoms with E-state index in [1.165, 1.54) is 14.2 Å². The Morgan fingerprint density at radius 2 is 1.61 bits per heavy atom. The van der Waals surface area contributed by atoms with Crippen molar-refractivity contribution < 1.29 is 19.1 Å². The molecule has 0 aliphatic heterocycles. The fraction of sp³-hybridized carbons (Fsp3) is 0.0952. The number of rotatable bonds is 6. The topological polar surface area (TPSA) is 89.6 Å². The number of carbonyl (C=O) groups is 2. The van der Waals surface area contributed by atoms with Crippen LogP contribution in [0.5, 0.6) is 5.75 Å². The molecule has 28 heavy (non-hydrogen) atoms. The van der Waals surface area contributed by atoms with Gasteiger partial charge in [0.05, 0.1) is 42.9 Å². The Bertz CT molecular complexity index is 987. The van der Waals surface area contributed by atoms with Crippen molar-refractivity contribution in [1.29, 1.82) is 0 Å². The Labute approximate surface area is 162 Å². The molecule has 2 N–H and O–H groups in total. The van der Waals surface area contributed by atoms with E-state index in [4.69, 9.17) is 9.47 Å². The van der Waals surface area contributed by atoms with Crippen LogP contribution in [-0.4, -0.2) is 31.1 Å². The van der Waals surface area contributed by atoms with Crippen molar-refractivity contribution in [2.45, 2.75) is 0 Å². The third kappa shape index (κ3) is 4.27. The fourth-order valence-electron chi connectivity index (χ4n) is 2.59. The van der Waals surface area contributed by atoms with E-state index in [9.17, 15) is 9.59 Å². The van der Waals surface area contributed by atoms with Gasteiger partial charge in [0.15, 0.2) is 0 Å². The van der Waals surface area contributed by atoms with Gasteiger partial charge in [-0.25, -0.2) is 9.78 Å². The Kier molecular flexibility index (Phi) is 5.86. The number of carbonyl (C=O) groups excluding carboxylic acids is 2. The Morgan fingerprint density at radius 3 is 2.29 bits per heavy atom. The van der Waals surface area contributed by atoms with Gasteiger partial charge in [-0.3, -0.25) is 4.79 Å². The molecule has 0 aliphatic rings. The average Bonchev–Trinajstić information content (AvgIpc) is 2.75. The van der Waals surface area contributed by atoms with E-state index in [1.807, 2.05) is 6.07 Å². The van der Waals surface area contributed by atoms with Crippen LogP contribution in [0.4, 0.5) is 17.2 Å². The van der Waals surface area contributed by atoms with E-state index in [2.05, 4.69) is 15.6 Å². The van der Waals surface area contributed by atoms with Gasteiger partial charge < -0.3 is 20.1 Å². The maximum Gasteiger partial charge on any atom is 0.339 e. The first-order chi connectivity index (χ1) is 13.6. The van der Waals surface area contributed by atoms with Crippen LogP contribution in [0, 0.1) is 0 Å². The first-order valence-electron chi connectivity index (χ1n) is 8.47. The number of anilines is 3. The van der Waals surface area contributed by atoms with Crippen LogP contribution in [0.1, 0.15) is 20.7 Å². The molecule has 0 radical (unpaired) electrons. The van der Waals surface area contributed by atoms with Gasteiger partial charge in [0.1, 0.15) is 11.6 Å². The predicted molar refractivity (Wildman–Crippen MR) is 106 cm³/mol. The van der Waals surface area contributed by atoms with Crippen molar-refractivity contribution in [3.8, 4) is 5.75 Å². The smallest absolute Gasteiger partial charge is 0.339 e. The van der Waals surface area contributed by atoms with E-state index in [0.717, 1.165) is 0 Å². The largest absolute Gasteiger partial charge is 0.496 e. The molecular formula is C21H19N3O4. The van der Waals surface area contributed by atoms with Crippen molar-refractivity contribution in [3.63, 3.8) is 0 Å². The summed E-state index contributed by atoms with van der Waals surface area (Å²) >= 11 is 0. The fourth-order valence-corrected chi connectivity index (χ4v) is 2.59. The van der Waals surface area contributed by atoms with E-state index >= 15 is 0 Å². The number of pyridine rings is 1. The molecule has 0 fully saturated rings. The molecule has 0 aliphatic carbocycles. The molecular weight excluding hydrogens is 358 g/mol. The highest BCUT2D eigenvalue weighted by atomic mass is 16.5. The highest BCUT2D eigenvalue weighted by molar-refractivity contribution is 6.05. The monoisotopic (exact) mass is 377 g/mol. The number of methoxy groups -OCH3 is 2. The van der Waals surface area contributed by atoms with Crippen molar-refractivity contribution >= 4 is 29.1 Å². The van der Waals surface area contributed by atoms with Crippen molar-refractivity contribution in [2.24, 2.45) is 0 Å². The molecule has 0 bridgehead atoms. The molecule has 7 heteroatoms. The normalized spacial score (nSPS) is 10.1. The average molecular weight is 377 g/mol. The van der Waals surface area contributed by atoms with Crippen molar-refractivity contribution in [2.75, 3.05) is 24.9 Å². The molecule has 1 heterocycles. The number of benzene rings is 2. The predicted octanol–water partition coefficient (Wildman–Crippen LogP) is 3.87. The summed E-state index contributed by atoms with van der Waals surface area (Å²) in [5.74, 6) is 0.124. The molecule has 3 aromatic rings. The summed E-state index contributed by atoms with van der Waals surface area (Å²) in [7, 11) is 2.84. The zero-order chi connectivity index (χ0) is 19.9. The number of hydrogen-bond donors (Lipinski definition) is 2. The lowest BCUT2D eigenvalue weighted by atomic mass is 10.1. The second kappa shape index (κ2) is 8.68. The van der Waals surface area contributed by atoms with Gasteiger partial charge in [-0.15, -0.1) is 0 Å². The summed E-state index contributed by atoms with van der Waals surface area (Å²) in [4.78, 5) is 28.5. The standard InChI is InChI=1S/C21H19N3O4/c1-27-18-10-6-4-8-16(18)20(25)24-19-12-11-14(13-22-19)23-17-9-5-3-7-15(17)21(26)28-2/h3-13,23H,1-2H3,(H,22,24,25). The number of para-hydroxylation sites is 2. The summed E-state index contributed by atoms with van der Waals surface area (Å²) in [6.45, 7) is 0. The summed E-state index contributed by atoms with van der Waals surface area (Å²) in [5, 5.41) is 5.85. The lowest BCUT2D eigenvalue weighted by molar-refractivity contribution is 0.0601. The van der Waals surface area contributed by atoms with Crippen LogP contribution in [0.25, 0.3) is 0 Å². The first-order valence-corrected chi connectivity index (χ1v) is 8.47. The molecule has 2 aromatic carbocycles. The maximum absolute atomic E-state index is 12.4. The van der Waals surface area contributed by atoms with Crippen LogP contribution in [0.3, 0.4) is 0 Å². The number of nitrogens with one attached hydrogen (secondary N) is 2. The van der Waals surface area contributed by atoms with Crippen LogP contribution in [0.15, 0.2) is 66.9 Å². The Hall–Kier alpha value is -3.87. The zero-order valence-corrected chi connectivity index (χ0v) is 15.4. The lowest BCUT2D eigenvalue weighted by Crippen LogP contribution is -2.14. The summed E-state index contributed by atoms with van der Waals surface area (Å²) in [6.07, 6.45) is 1.56. The number of aromatic nitrogens is 1. The maximum atomic E-state index is 12.4. The SMILES string of the molecule is COC(=O)c1ccccc1Nc1ccc(NC(=O)c2ccccc2OC)nc1. The molecule has 3 rings (SSSR count). The van der Waals surface area contributed by atoms with E-state index in [0.29, 0.717) is 34.1 Å². The minimum Gasteiger partial charge on any atom is -0.496 e. The molecule has 1 amide bonds. The van der Waals surface area contributed by atoms with E-state index in [1.54, 1.807) is 60.8 Å². The third-order valence-electron chi connectivity index (χ3n) is 3.97. The van der Waals surface area contributed by atoms with E-state index in [-0.39, 0.29) is 5.91 Å². The quantitative estimate of drug-likeness (QED) is 0.634. The second-order valence-electron chi connectivity index (χ2n) is 5.75. The first kappa shape index (κ1) is 18.9. The highest BCUT2D eigenvalue weighted by Crippen LogP contribution is 2.23. The van der Waals surface area contributed by atoms with Gasteiger partial charge in [-0.1, -0.05) is 24.3 Å². The molecule has 142 valence electrons. The Morgan fingerprint density at radius 1 is 0.893 bits per heavy atom. The molecule has 7 nitrogen and oxygen atoms in total. The molecule has 0 unspecified atom stereocenters. The van der Waals surface area contributed by atoms with Crippen LogP contribution in [0.2, 0.25) is 0 Å². The highest BCUT2D eigenvalue weighted by Gasteiger charge is 2.13. The molecule has 0 spiro atoms. The van der Waals surface area contributed by atoms with Crippen LogP contribution < -0.4 is 15.4 Å². The van der Waals surface area contributed by atoms with Gasteiger partial charge in [0.25, 0.3) is 5.91 Å². The summed E-state index contributed by atoms with van der Waals surface area (Å²) in [6, 6.07) is 17.4. The summed E-state index contributed by atoms with van der Waals surface area (Å²) < 4.78 is 9.99.